The molecule has 0 radical (unpaired) electrons. The van der Waals surface area contributed by atoms with Crippen molar-refractivity contribution in [3.05, 3.63) is 40.7 Å². The number of pyridine rings is 1. The lowest BCUT2D eigenvalue weighted by Gasteiger charge is -2.58. The molecule has 0 aliphatic carbocycles. The predicted octanol–water partition coefficient (Wildman–Crippen LogP) is 2.65. The molecule has 1 spiro atoms. The minimum Gasteiger partial charge on any atom is -0.475 e. The molecule has 1 atom stereocenters. The first kappa shape index (κ1) is 16.9. The smallest absolute Gasteiger partial charge is 0.250 e. The van der Waals surface area contributed by atoms with Gasteiger partial charge < -0.3 is 4.74 Å². The molecular formula is C18H23FN4OS. The van der Waals surface area contributed by atoms with Crippen LogP contribution in [0.15, 0.2) is 29.9 Å². The Labute approximate surface area is 151 Å². The highest BCUT2D eigenvalue weighted by molar-refractivity contribution is 7.09. The van der Waals surface area contributed by atoms with Crippen molar-refractivity contribution in [3.8, 4) is 5.88 Å². The summed E-state index contributed by atoms with van der Waals surface area (Å²) in [5, 5.41) is 3.21. The maximum Gasteiger partial charge on any atom is 0.250 e. The number of rotatable bonds is 5. The Morgan fingerprint density at radius 1 is 1.36 bits per heavy atom. The molecule has 2 fully saturated rings. The van der Waals surface area contributed by atoms with E-state index < -0.39 is 0 Å². The number of halogens is 1. The monoisotopic (exact) mass is 362 g/mol. The number of hydrogen-bond acceptors (Lipinski definition) is 6. The van der Waals surface area contributed by atoms with Gasteiger partial charge in [0, 0.05) is 36.4 Å². The second-order valence-corrected chi connectivity index (χ2v) is 8.16. The summed E-state index contributed by atoms with van der Waals surface area (Å²) in [6, 6.07) is 2.97. The highest BCUT2D eigenvalue weighted by atomic mass is 32.1. The van der Waals surface area contributed by atoms with E-state index in [0.29, 0.717) is 12.5 Å². The second-order valence-electron chi connectivity index (χ2n) is 7.18. The van der Waals surface area contributed by atoms with Gasteiger partial charge in [0.15, 0.2) is 5.82 Å². The second kappa shape index (κ2) is 6.97. The Morgan fingerprint density at radius 3 is 3.00 bits per heavy atom. The molecule has 2 aromatic rings. The summed E-state index contributed by atoms with van der Waals surface area (Å²) in [4.78, 5) is 13.3. The van der Waals surface area contributed by atoms with Gasteiger partial charge in [-0.15, -0.1) is 11.3 Å². The van der Waals surface area contributed by atoms with Crippen LogP contribution >= 0.6 is 11.3 Å². The lowest BCUT2D eigenvalue weighted by atomic mass is 9.75. The lowest BCUT2D eigenvalue weighted by Crippen LogP contribution is -2.71. The van der Waals surface area contributed by atoms with E-state index in [1.807, 2.05) is 11.6 Å². The quantitative estimate of drug-likeness (QED) is 0.818. The van der Waals surface area contributed by atoms with Crippen LogP contribution in [0.3, 0.4) is 0 Å². The molecule has 2 aliphatic rings. The van der Waals surface area contributed by atoms with Crippen molar-refractivity contribution in [1.82, 2.24) is 19.8 Å². The Balaban J connectivity index is 1.32. The minimum absolute atomic E-state index is 0.120. The van der Waals surface area contributed by atoms with Crippen molar-refractivity contribution in [3.63, 3.8) is 0 Å². The Bertz CT molecular complexity index is 705. The van der Waals surface area contributed by atoms with Crippen molar-refractivity contribution in [2.24, 2.45) is 5.92 Å². The van der Waals surface area contributed by atoms with E-state index in [1.165, 1.54) is 11.1 Å². The Kier molecular flexibility index (Phi) is 4.71. The highest BCUT2D eigenvalue weighted by Gasteiger charge is 2.49. The molecule has 2 aliphatic heterocycles. The Hall–Kier alpha value is -1.57. The van der Waals surface area contributed by atoms with E-state index in [9.17, 15) is 4.39 Å². The number of likely N-dealkylation sites (tertiary alicyclic amines) is 2. The van der Waals surface area contributed by atoms with Crippen LogP contribution in [0.5, 0.6) is 5.88 Å². The zero-order valence-corrected chi connectivity index (χ0v) is 15.2. The maximum atomic E-state index is 13.7. The molecule has 2 saturated heterocycles. The summed E-state index contributed by atoms with van der Waals surface area (Å²) < 4.78 is 19.3. The molecule has 0 saturated carbocycles. The molecular weight excluding hydrogens is 339 g/mol. The lowest BCUT2D eigenvalue weighted by molar-refractivity contribution is -0.0876. The number of piperidine rings is 1. The highest BCUT2D eigenvalue weighted by Crippen LogP contribution is 2.39. The number of hydrogen-bond donors (Lipinski definition) is 0. The fourth-order valence-corrected chi connectivity index (χ4v) is 4.67. The van der Waals surface area contributed by atoms with Gasteiger partial charge in [0.2, 0.25) is 5.88 Å². The molecule has 0 amide bonds. The maximum absolute atomic E-state index is 13.7. The van der Waals surface area contributed by atoms with Gasteiger partial charge in [-0.25, -0.2) is 14.4 Å². The summed E-state index contributed by atoms with van der Waals surface area (Å²) in [6.07, 6.45) is 5.61. The van der Waals surface area contributed by atoms with E-state index in [2.05, 4.69) is 26.8 Å². The molecule has 4 heterocycles. The average molecular weight is 362 g/mol. The van der Waals surface area contributed by atoms with Crippen molar-refractivity contribution in [2.75, 3.05) is 33.3 Å². The van der Waals surface area contributed by atoms with Crippen molar-refractivity contribution in [2.45, 2.75) is 24.9 Å². The minimum atomic E-state index is -0.386. The molecule has 0 bridgehead atoms. The summed E-state index contributed by atoms with van der Waals surface area (Å²) in [6.45, 7) is 4.67. The van der Waals surface area contributed by atoms with E-state index in [4.69, 9.17) is 4.74 Å². The molecule has 25 heavy (non-hydrogen) atoms. The van der Waals surface area contributed by atoms with Gasteiger partial charge >= 0.3 is 0 Å². The van der Waals surface area contributed by atoms with Gasteiger partial charge in [-0.3, -0.25) is 9.80 Å². The third-order valence-corrected chi connectivity index (χ3v) is 6.17. The molecule has 7 heteroatoms. The topological polar surface area (TPSA) is 41.5 Å². The van der Waals surface area contributed by atoms with Gasteiger partial charge in [-0.05, 0) is 44.5 Å². The number of aromatic nitrogens is 2. The van der Waals surface area contributed by atoms with Gasteiger partial charge in [0.25, 0.3) is 0 Å². The molecule has 0 aromatic carbocycles. The standard InChI is InChI=1S/C18H23FN4OS/c1-22-7-4-14(11-24-17-15(19)3-2-5-21-17)9-18(22)12-23(13-18)10-16-20-6-8-25-16/h2-3,5-6,8,14H,4,7,9-13H2,1H3/t14-/m1/s1. The normalized spacial score (nSPS) is 23.5. The van der Waals surface area contributed by atoms with Gasteiger partial charge in [0.1, 0.15) is 5.01 Å². The van der Waals surface area contributed by atoms with E-state index in [0.717, 1.165) is 39.0 Å². The first-order valence-electron chi connectivity index (χ1n) is 8.70. The molecule has 2 aromatic heterocycles. The van der Waals surface area contributed by atoms with E-state index in [-0.39, 0.29) is 17.2 Å². The van der Waals surface area contributed by atoms with Crippen LogP contribution in [0.1, 0.15) is 17.8 Å². The molecule has 4 rings (SSSR count). The SMILES string of the molecule is CN1CC[C@@H](COc2ncccc2F)CC12CN(Cc1nccs1)C2. The Morgan fingerprint density at radius 2 is 2.24 bits per heavy atom. The first-order chi connectivity index (χ1) is 12.1. The zero-order valence-electron chi connectivity index (χ0n) is 14.4. The fourth-order valence-electron chi connectivity index (χ4n) is 4.02. The van der Waals surface area contributed by atoms with Crippen LogP contribution in [0.2, 0.25) is 0 Å². The molecule has 0 N–H and O–H groups in total. The number of nitrogens with zero attached hydrogens (tertiary/aromatic N) is 4. The largest absolute Gasteiger partial charge is 0.475 e. The predicted molar refractivity (Wildman–Crippen MR) is 95.2 cm³/mol. The first-order valence-corrected chi connectivity index (χ1v) is 9.58. The van der Waals surface area contributed by atoms with Crippen LogP contribution in [-0.2, 0) is 6.54 Å². The van der Waals surface area contributed by atoms with E-state index >= 15 is 0 Å². The summed E-state index contributed by atoms with van der Waals surface area (Å²) in [7, 11) is 2.22. The summed E-state index contributed by atoms with van der Waals surface area (Å²) in [5.41, 5.74) is 0.228. The average Bonchev–Trinajstić information content (AvgIpc) is 3.08. The zero-order chi connectivity index (χ0) is 17.3. The van der Waals surface area contributed by atoms with Crippen LogP contribution in [-0.4, -0.2) is 58.6 Å². The van der Waals surface area contributed by atoms with Crippen molar-refractivity contribution in [1.29, 1.82) is 0 Å². The summed E-state index contributed by atoms with van der Waals surface area (Å²) in [5.74, 6) is 0.178. The van der Waals surface area contributed by atoms with E-state index in [1.54, 1.807) is 23.6 Å². The van der Waals surface area contributed by atoms with Crippen LogP contribution in [0, 0.1) is 11.7 Å². The number of ether oxygens (including phenoxy) is 1. The summed E-state index contributed by atoms with van der Waals surface area (Å²) >= 11 is 1.72. The molecule has 5 nitrogen and oxygen atoms in total. The van der Waals surface area contributed by atoms with Crippen LogP contribution < -0.4 is 4.74 Å². The number of likely N-dealkylation sites (N-methyl/N-ethyl adjacent to an activating group) is 1. The third-order valence-electron chi connectivity index (χ3n) is 5.41. The van der Waals surface area contributed by atoms with Crippen LogP contribution in [0.4, 0.5) is 4.39 Å². The van der Waals surface area contributed by atoms with Crippen molar-refractivity contribution >= 4 is 11.3 Å². The third kappa shape index (κ3) is 3.54. The van der Waals surface area contributed by atoms with Gasteiger partial charge in [-0.2, -0.15) is 0 Å². The molecule has 134 valence electrons. The van der Waals surface area contributed by atoms with Crippen LogP contribution in [0.25, 0.3) is 0 Å². The van der Waals surface area contributed by atoms with Gasteiger partial charge in [0.05, 0.1) is 13.2 Å². The molecule has 0 unspecified atom stereocenters. The van der Waals surface area contributed by atoms with Crippen molar-refractivity contribution < 1.29 is 9.13 Å². The van der Waals surface area contributed by atoms with Gasteiger partial charge in [-0.1, -0.05) is 0 Å². The number of thiazole rings is 1. The fraction of sp³-hybridized carbons (Fsp3) is 0.556.